The highest BCUT2D eigenvalue weighted by molar-refractivity contribution is 8.32. The molecule has 0 radical (unpaired) electrons. The maximum atomic E-state index is 12.2. The molecule has 0 aliphatic heterocycles. The molecule has 0 N–H and O–H groups in total. The number of alkyl halides is 3. The first-order valence-corrected chi connectivity index (χ1v) is 6.78. The number of pyridine rings is 1. The van der Waals surface area contributed by atoms with Crippen LogP contribution in [0.4, 0.5) is 13.2 Å². The Kier molecular flexibility index (Phi) is 2.81. The van der Waals surface area contributed by atoms with Crippen molar-refractivity contribution in [2.75, 3.05) is 18.8 Å². The molecule has 0 bridgehead atoms. The summed E-state index contributed by atoms with van der Waals surface area (Å²) in [6.07, 6.45) is 2.57. The maximum Gasteiger partial charge on any atom is 0.417 e. The Labute approximate surface area is 82.7 Å². The number of rotatable bonds is 1. The predicted octanol–water partition coefficient (Wildman–Crippen LogP) is 3.15. The SMILES string of the molecule is CS(C)(C)c1ccc(C(F)(F)F)cn1. The first-order chi connectivity index (χ1) is 6.21. The normalized spacial score (nSPS) is 14.1. The van der Waals surface area contributed by atoms with Gasteiger partial charge in [-0.1, -0.05) is 0 Å². The fourth-order valence-corrected chi connectivity index (χ4v) is 1.76. The van der Waals surface area contributed by atoms with Crippen LogP contribution >= 0.6 is 10.0 Å². The van der Waals surface area contributed by atoms with E-state index in [4.69, 9.17) is 0 Å². The minimum absolute atomic E-state index is 0.690. The molecule has 0 amide bonds. The van der Waals surface area contributed by atoms with Crippen molar-refractivity contribution >= 4 is 10.0 Å². The zero-order valence-corrected chi connectivity index (χ0v) is 9.04. The zero-order chi connectivity index (χ0) is 11.0. The largest absolute Gasteiger partial charge is 0.417 e. The van der Waals surface area contributed by atoms with Crippen LogP contribution in [0.5, 0.6) is 0 Å². The van der Waals surface area contributed by atoms with E-state index < -0.39 is 21.8 Å². The first kappa shape index (κ1) is 11.4. The van der Waals surface area contributed by atoms with Crippen LogP contribution in [-0.2, 0) is 6.18 Å². The second-order valence-electron chi connectivity index (χ2n) is 3.72. The van der Waals surface area contributed by atoms with Crippen molar-refractivity contribution < 1.29 is 13.2 Å². The van der Waals surface area contributed by atoms with Crippen molar-refractivity contribution in [3.8, 4) is 0 Å². The molecule has 1 aromatic rings. The Bertz CT molecular complexity index is 277. The van der Waals surface area contributed by atoms with Gasteiger partial charge in [0.05, 0.1) is 10.6 Å². The van der Waals surface area contributed by atoms with Crippen LogP contribution in [0, 0.1) is 0 Å². The second kappa shape index (κ2) is 3.46. The van der Waals surface area contributed by atoms with Crippen molar-refractivity contribution in [1.29, 1.82) is 0 Å². The van der Waals surface area contributed by atoms with Gasteiger partial charge in [-0.15, -0.1) is 0 Å². The van der Waals surface area contributed by atoms with E-state index in [-0.39, 0.29) is 0 Å². The van der Waals surface area contributed by atoms with Crippen molar-refractivity contribution in [2.45, 2.75) is 11.2 Å². The molecule has 0 saturated heterocycles. The van der Waals surface area contributed by atoms with Crippen LogP contribution < -0.4 is 0 Å². The Morgan fingerprint density at radius 2 is 1.71 bits per heavy atom. The van der Waals surface area contributed by atoms with Crippen LogP contribution in [-0.4, -0.2) is 23.8 Å². The molecule has 0 aromatic carbocycles. The third kappa shape index (κ3) is 2.64. The van der Waals surface area contributed by atoms with Gasteiger partial charge in [-0.3, -0.25) is 4.98 Å². The highest BCUT2D eigenvalue weighted by Crippen LogP contribution is 2.43. The molecule has 14 heavy (non-hydrogen) atoms. The quantitative estimate of drug-likeness (QED) is 0.712. The third-order valence-corrected chi connectivity index (χ3v) is 3.19. The van der Waals surface area contributed by atoms with E-state index in [1.807, 2.05) is 18.8 Å². The summed E-state index contributed by atoms with van der Waals surface area (Å²) in [5, 5.41) is 0.741. The fourth-order valence-electron chi connectivity index (χ4n) is 0.910. The van der Waals surface area contributed by atoms with Crippen LogP contribution in [0.15, 0.2) is 23.4 Å². The molecular formula is C9H12F3NS. The summed E-state index contributed by atoms with van der Waals surface area (Å²) < 4.78 is 36.5. The molecule has 0 saturated carbocycles. The lowest BCUT2D eigenvalue weighted by Gasteiger charge is -2.24. The summed E-state index contributed by atoms with van der Waals surface area (Å²) in [6, 6.07) is 2.54. The molecule has 0 atom stereocenters. The Morgan fingerprint density at radius 1 is 1.14 bits per heavy atom. The lowest BCUT2D eigenvalue weighted by molar-refractivity contribution is -0.137. The van der Waals surface area contributed by atoms with Crippen molar-refractivity contribution in [3.05, 3.63) is 23.9 Å². The average molecular weight is 223 g/mol. The minimum Gasteiger partial charge on any atom is -0.251 e. The summed E-state index contributed by atoms with van der Waals surface area (Å²) in [5.41, 5.74) is -0.690. The van der Waals surface area contributed by atoms with Gasteiger partial charge in [-0.2, -0.15) is 13.2 Å². The fraction of sp³-hybridized carbons (Fsp3) is 0.444. The van der Waals surface area contributed by atoms with E-state index >= 15 is 0 Å². The monoisotopic (exact) mass is 223 g/mol. The molecule has 0 spiro atoms. The second-order valence-corrected chi connectivity index (χ2v) is 7.81. The topological polar surface area (TPSA) is 12.9 Å². The Morgan fingerprint density at radius 3 is 2.00 bits per heavy atom. The van der Waals surface area contributed by atoms with Crippen molar-refractivity contribution in [3.63, 3.8) is 0 Å². The van der Waals surface area contributed by atoms with E-state index in [2.05, 4.69) is 4.98 Å². The summed E-state index contributed by atoms with van der Waals surface area (Å²) >= 11 is 0. The van der Waals surface area contributed by atoms with Gasteiger partial charge in [0, 0.05) is 6.20 Å². The van der Waals surface area contributed by atoms with Crippen LogP contribution in [0.1, 0.15) is 5.56 Å². The molecule has 1 nitrogen and oxygen atoms in total. The first-order valence-electron chi connectivity index (χ1n) is 3.93. The van der Waals surface area contributed by atoms with Crippen LogP contribution in [0.25, 0.3) is 0 Å². The van der Waals surface area contributed by atoms with Crippen molar-refractivity contribution in [1.82, 2.24) is 4.98 Å². The number of aromatic nitrogens is 1. The van der Waals surface area contributed by atoms with Gasteiger partial charge in [0.2, 0.25) is 0 Å². The highest BCUT2D eigenvalue weighted by Gasteiger charge is 2.30. The zero-order valence-electron chi connectivity index (χ0n) is 8.22. The smallest absolute Gasteiger partial charge is 0.251 e. The van der Waals surface area contributed by atoms with E-state index in [9.17, 15) is 13.2 Å². The average Bonchev–Trinajstić information content (AvgIpc) is 2.01. The van der Waals surface area contributed by atoms with Gasteiger partial charge in [-0.25, -0.2) is 10.0 Å². The molecule has 1 aromatic heterocycles. The van der Waals surface area contributed by atoms with Gasteiger partial charge >= 0.3 is 6.18 Å². The lowest BCUT2D eigenvalue weighted by Crippen LogP contribution is -2.06. The van der Waals surface area contributed by atoms with Gasteiger partial charge in [0.25, 0.3) is 0 Å². The van der Waals surface area contributed by atoms with E-state index in [0.717, 1.165) is 17.3 Å². The molecule has 0 unspecified atom stereocenters. The number of halogens is 3. The minimum atomic E-state index is -4.29. The number of hydrogen-bond acceptors (Lipinski definition) is 1. The summed E-state index contributed by atoms with van der Waals surface area (Å²) in [5.74, 6) is 0. The van der Waals surface area contributed by atoms with Gasteiger partial charge in [0.1, 0.15) is 0 Å². The Balaban J connectivity index is 3.02. The number of nitrogens with zero attached hydrogens (tertiary/aromatic N) is 1. The molecule has 1 heterocycles. The molecule has 1 rings (SSSR count). The molecule has 0 aliphatic carbocycles. The summed E-state index contributed by atoms with van der Waals surface area (Å²) in [6.45, 7) is 0. The van der Waals surface area contributed by atoms with Crippen molar-refractivity contribution in [2.24, 2.45) is 0 Å². The lowest BCUT2D eigenvalue weighted by atomic mass is 10.3. The van der Waals surface area contributed by atoms with Crippen LogP contribution in [0.3, 0.4) is 0 Å². The number of hydrogen-bond donors (Lipinski definition) is 0. The molecule has 5 heteroatoms. The maximum absolute atomic E-state index is 12.2. The molecular weight excluding hydrogens is 211 g/mol. The third-order valence-electron chi connectivity index (χ3n) is 1.69. The predicted molar refractivity (Wildman–Crippen MR) is 52.9 cm³/mol. The Hall–Kier alpha value is -0.710. The molecule has 80 valence electrons. The van der Waals surface area contributed by atoms with E-state index in [0.29, 0.717) is 0 Å². The standard InChI is InChI=1S/C9H12F3NS/c1-14(2,3)8-5-4-7(6-13-8)9(10,11)12/h4-6H,1-3H3. The summed E-state index contributed by atoms with van der Waals surface area (Å²) in [4.78, 5) is 3.83. The van der Waals surface area contributed by atoms with Gasteiger partial charge < -0.3 is 0 Å². The van der Waals surface area contributed by atoms with Crippen LogP contribution in [0.2, 0.25) is 0 Å². The molecule has 0 aliphatic rings. The van der Waals surface area contributed by atoms with Gasteiger partial charge in [-0.05, 0) is 30.9 Å². The van der Waals surface area contributed by atoms with E-state index in [1.165, 1.54) is 6.07 Å². The summed E-state index contributed by atoms with van der Waals surface area (Å²) in [7, 11) is -1.04. The molecule has 0 fully saturated rings. The van der Waals surface area contributed by atoms with Gasteiger partial charge in [0.15, 0.2) is 0 Å². The highest BCUT2D eigenvalue weighted by atomic mass is 32.3. The van der Waals surface area contributed by atoms with E-state index in [1.54, 1.807) is 0 Å².